The fourth-order valence-electron chi connectivity index (χ4n) is 6.41. The molecule has 4 unspecified atom stereocenters. The lowest BCUT2D eigenvalue weighted by molar-refractivity contribution is -0.141. The number of halogens is 1. The number of hydrogen-bond donors (Lipinski definition) is 2. The van der Waals surface area contributed by atoms with Crippen LogP contribution in [0.3, 0.4) is 0 Å². The summed E-state index contributed by atoms with van der Waals surface area (Å²) in [7, 11) is 0. The number of benzene rings is 1. The number of carbonyl (C=O) groups excluding carboxylic acids is 2. The van der Waals surface area contributed by atoms with Gasteiger partial charge in [-0.2, -0.15) is 5.10 Å². The maximum atomic E-state index is 15.5. The summed E-state index contributed by atoms with van der Waals surface area (Å²) in [5, 5.41) is 5.60. The van der Waals surface area contributed by atoms with E-state index in [-0.39, 0.29) is 29.8 Å². The van der Waals surface area contributed by atoms with Crippen molar-refractivity contribution in [1.82, 2.24) is 25.9 Å². The molecule has 1 aromatic heterocycles. The molecule has 5 heterocycles. The van der Waals surface area contributed by atoms with E-state index >= 15 is 4.39 Å². The number of carbonyl (C=O) groups is 2. The van der Waals surface area contributed by atoms with Crippen LogP contribution in [0.1, 0.15) is 58.1 Å². The lowest BCUT2D eigenvalue weighted by Gasteiger charge is -2.46. The minimum atomic E-state index is -0.476. The van der Waals surface area contributed by atoms with Gasteiger partial charge in [-0.1, -0.05) is 12.1 Å². The number of fused-ring (bicyclic) bond motifs is 3. The first-order chi connectivity index (χ1) is 19.0. The van der Waals surface area contributed by atoms with Crippen LogP contribution >= 0.6 is 0 Å². The summed E-state index contributed by atoms with van der Waals surface area (Å²) in [6.45, 7) is 4.63. The molecule has 1 amide bonds. The number of nitrogens with one attached hydrogen (secondary N) is 2. The second kappa shape index (κ2) is 9.54. The summed E-state index contributed by atoms with van der Waals surface area (Å²) in [5.74, 6) is -0.176. The highest BCUT2D eigenvalue weighted by atomic mass is 19.1. The van der Waals surface area contributed by atoms with Crippen molar-refractivity contribution >= 4 is 24.0 Å². The van der Waals surface area contributed by atoms with Gasteiger partial charge >= 0.3 is 5.97 Å². The summed E-state index contributed by atoms with van der Waals surface area (Å²) < 4.78 is 26.9. The Kier molecular flexibility index (Phi) is 5.98. The number of hydrazine groups is 2. The van der Waals surface area contributed by atoms with Gasteiger partial charge in [-0.15, -0.1) is 5.53 Å². The molecule has 1 aliphatic carbocycles. The van der Waals surface area contributed by atoms with Gasteiger partial charge in [0.1, 0.15) is 24.1 Å². The SMILES string of the molecule is CC1Cc2c(ccc(C3CN4CCN(C(=O)C5CCc6nc(N7C=NNN7)ccc65)CC4CO3)c2F)C(=O)O1. The van der Waals surface area contributed by atoms with Crippen molar-refractivity contribution in [2.75, 3.05) is 37.8 Å². The number of anilines is 1. The Labute approximate surface area is 224 Å². The van der Waals surface area contributed by atoms with Crippen LogP contribution < -0.4 is 16.1 Å². The Morgan fingerprint density at radius 2 is 2.03 bits per heavy atom. The van der Waals surface area contributed by atoms with Crippen molar-refractivity contribution < 1.29 is 23.5 Å². The number of hydrogen-bond acceptors (Lipinski definition) is 10. The number of morpholine rings is 1. The molecule has 0 bridgehead atoms. The molecule has 0 spiro atoms. The number of aromatic nitrogens is 1. The van der Waals surface area contributed by atoms with Crippen LogP contribution in [-0.2, 0) is 27.1 Å². The summed E-state index contributed by atoms with van der Waals surface area (Å²) in [6, 6.07) is 7.25. The van der Waals surface area contributed by atoms with Crippen molar-refractivity contribution in [3.05, 3.63) is 58.0 Å². The summed E-state index contributed by atoms with van der Waals surface area (Å²) in [4.78, 5) is 34.7. The normalized spacial score (nSPS) is 28.0. The molecular formula is C27H30FN7O4. The first kappa shape index (κ1) is 24.4. The summed E-state index contributed by atoms with van der Waals surface area (Å²) in [6.07, 6.45) is 2.70. The number of nitrogens with zero attached hydrogens (tertiary/aromatic N) is 5. The van der Waals surface area contributed by atoms with Crippen molar-refractivity contribution in [1.29, 1.82) is 0 Å². The van der Waals surface area contributed by atoms with E-state index in [1.807, 2.05) is 17.0 Å². The Bertz CT molecular complexity index is 1370. The fraction of sp³-hybridized carbons (Fsp3) is 0.481. The number of rotatable bonds is 3. The first-order valence-electron chi connectivity index (χ1n) is 13.5. The summed E-state index contributed by atoms with van der Waals surface area (Å²) in [5.41, 5.74) is 8.67. The van der Waals surface area contributed by atoms with E-state index in [2.05, 4.69) is 21.1 Å². The van der Waals surface area contributed by atoms with E-state index in [0.29, 0.717) is 55.9 Å². The highest BCUT2D eigenvalue weighted by molar-refractivity contribution is 5.92. The molecule has 7 rings (SSSR count). The zero-order valence-electron chi connectivity index (χ0n) is 21.6. The first-order valence-corrected chi connectivity index (χ1v) is 13.5. The predicted octanol–water partition coefficient (Wildman–Crippen LogP) is 1.41. The van der Waals surface area contributed by atoms with Gasteiger partial charge in [-0.05, 0) is 37.5 Å². The van der Waals surface area contributed by atoms with E-state index in [0.717, 1.165) is 29.9 Å². The number of piperazine rings is 1. The molecule has 1 aromatic carbocycles. The zero-order valence-corrected chi connectivity index (χ0v) is 21.6. The second-order valence-electron chi connectivity index (χ2n) is 10.8. The Balaban J connectivity index is 1.01. The number of aryl methyl sites for hydroxylation is 1. The summed E-state index contributed by atoms with van der Waals surface area (Å²) >= 11 is 0. The maximum absolute atomic E-state index is 15.5. The molecule has 2 saturated heterocycles. The van der Waals surface area contributed by atoms with Crippen LogP contribution in [0.15, 0.2) is 29.4 Å². The number of cyclic esters (lactones) is 1. The van der Waals surface area contributed by atoms with Crippen molar-refractivity contribution in [3.63, 3.8) is 0 Å². The van der Waals surface area contributed by atoms with Gasteiger partial charge in [0.2, 0.25) is 5.91 Å². The Morgan fingerprint density at radius 1 is 1.15 bits per heavy atom. The predicted molar refractivity (Wildman–Crippen MR) is 138 cm³/mol. The zero-order chi connectivity index (χ0) is 26.7. The van der Waals surface area contributed by atoms with Gasteiger partial charge in [0, 0.05) is 49.4 Å². The molecular weight excluding hydrogens is 505 g/mol. The number of ether oxygens (including phenoxy) is 2. The largest absolute Gasteiger partial charge is 0.459 e. The third kappa shape index (κ3) is 4.23. The van der Waals surface area contributed by atoms with E-state index in [4.69, 9.17) is 14.5 Å². The minimum Gasteiger partial charge on any atom is -0.459 e. The third-order valence-electron chi connectivity index (χ3n) is 8.44. The Hall–Kier alpha value is -3.61. The van der Waals surface area contributed by atoms with Gasteiger partial charge in [0.05, 0.1) is 30.2 Å². The standard InChI is InChI=1S/C27H30FN7O4/c1-15-10-21-19(27(37)39-15)2-3-20(25(21)28)23-12-33-8-9-34(11-16(33)13-38-23)26(36)18-4-6-22-17(18)5-7-24(30-22)35-14-29-31-32-35/h2-3,5,7,14-16,18,23,31-32H,4,6,8-13H2,1H3. The molecule has 11 nitrogen and oxygen atoms in total. The molecule has 4 atom stereocenters. The van der Waals surface area contributed by atoms with Crippen LogP contribution in [0.4, 0.5) is 10.2 Å². The minimum absolute atomic E-state index is 0.0593. The van der Waals surface area contributed by atoms with Crippen LogP contribution in [0, 0.1) is 5.82 Å². The number of amides is 1. The third-order valence-corrected chi connectivity index (χ3v) is 8.44. The molecule has 0 radical (unpaired) electrons. The molecule has 39 heavy (non-hydrogen) atoms. The molecule has 0 saturated carbocycles. The van der Waals surface area contributed by atoms with Crippen LogP contribution in [0.5, 0.6) is 0 Å². The van der Waals surface area contributed by atoms with Gasteiger partial charge < -0.3 is 14.4 Å². The smallest absolute Gasteiger partial charge is 0.338 e. The molecule has 2 aromatic rings. The van der Waals surface area contributed by atoms with Crippen LogP contribution in [0.2, 0.25) is 0 Å². The number of esters is 1. The van der Waals surface area contributed by atoms with Crippen molar-refractivity contribution in [2.45, 2.75) is 50.4 Å². The molecule has 12 heteroatoms. The molecule has 4 aliphatic heterocycles. The number of pyridine rings is 1. The van der Waals surface area contributed by atoms with E-state index in [1.165, 1.54) is 0 Å². The highest BCUT2D eigenvalue weighted by Gasteiger charge is 2.40. The van der Waals surface area contributed by atoms with Gasteiger partial charge in [-0.25, -0.2) is 24.7 Å². The van der Waals surface area contributed by atoms with Crippen LogP contribution in [0.25, 0.3) is 0 Å². The molecule has 5 aliphatic rings. The lowest BCUT2D eigenvalue weighted by Crippen LogP contribution is -2.60. The van der Waals surface area contributed by atoms with E-state index in [1.54, 1.807) is 30.4 Å². The Morgan fingerprint density at radius 3 is 2.87 bits per heavy atom. The van der Waals surface area contributed by atoms with Crippen molar-refractivity contribution in [2.24, 2.45) is 5.10 Å². The second-order valence-corrected chi connectivity index (χ2v) is 10.8. The van der Waals surface area contributed by atoms with Gasteiger partial charge in [0.15, 0.2) is 0 Å². The number of hydrazone groups is 1. The molecule has 204 valence electrons. The van der Waals surface area contributed by atoms with Gasteiger partial charge in [-0.3, -0.25) is 9.69 Å². The lowest BCUT2D eigenvalue weighted by atomic mass is 9.93. The van der Waals surface area contributed by atoms with Crippen molar-refractivity contribution in [3.8, 4) is 0 Å². The molecule has 2 fully saturated rings. The average molecular weight is 536 g/mol. The fourth-order valence-corrected chi connectivity index (χ4v) is 6.41. The highest BCUT2D eigenvalue weighted by Crippen LogP contribution is 2.37. The quantitative estimate of drug-likeness (QED) is 0.564. The average Bonchev–Trinajstić information content (AvgIpc) is 3.63. The van der Waals surface area contributed by atoms with Gasteiger partial charge in [0.25, 0.3) is 0 Å². The monoisotopic (exact) mass is 535 g/mol. The van der Waals surface area contributed by atoms with E-state index in [9.17, 15) is 9.59 Å². The van der Waals surface area contributed by atoms with E-state index < -0.39 is 12.1 Å². The topological polar surface area (TPSA) is 112 Å². The molecule has 2 N–H and O–H groups in total. The van der Waals surface area contributed by atoms with Crippen LogP contribution in [-0.4, -0.2) is 77.9 Å². The maximum Gasteiger partial charge on any atom is 0.338 e.